The van der Waals surface area contributed by atoms with Crippen LogP contribution in [0, 0.1) is 0 Å². The topological polar surface area (TPSA) is 35.6 Å². The average molecular weight is 273 g/mol. The molecule has 2 saturated heterocycles. The van der Waals surface area contributed by atoms with Crippen molar-refractivity contribution in [3.63, 3.8) is 0 Å². The Bertz CT molecular complexity index is 465. The van der Waals surface area contributed by atoms with Crippen LogP contribution in [0.15, 0.2) is 24.3 Å². The van der Waals surface area contributed by atoms with Gasteiger partial charge in [0.05, 0.1) is 6.54 Å². The lowest BCUT2D eigenvalue weighted by atomic mass is 9.97. The third-order valence-electron chi connectivity index (χ3n) is 4.43. The number of nitrogens with one attached hydrogen (secondary N) is 1. The lowest BCUT2D eigenvalue weighted by Crippen LogP contribution is -2.48. The van der Waals surface area contributed by atoms with Crippen molar-refractivity contribution in [2.75, 3.05) is 38.1 Å². The molecule has 0 aromatic heterocycles. The van der Waals surface area contributed by atoms with E-state index in [9.17, 15) is 4.79 Å². The first-order valence-electron chi connectivity index (χ1n) is 7.56. The van der Waals surface area contributed by atoms with Gasteiger partial charge in [-0.15, -0.1) is 0 Å². The van der Waals surface area contributed by atoms with E-state index in [0.29, 0.717) is 12.6 Å². The summed E-state index contributed by atoms with van der Waals surface area (Å²) in [5.41, 5.74) is 2.53. The number of likely N-dealkylation sites (N-methyl/N-ethyl adjacent to an activating group) is 1. The summed E-state index contributed by atoms with van der Waals surface area (Å²) < 4.78 is 0. The number of benzene rings is 1. The zero-order valence-electron chi connectivity index (χ0n) is 12.1. The van der Waals surface area contributed by atoms with Crippen molar-refractivity contribution in [2.45, 2.75) is 25.3 Å². The molecule has 1 unspecified atom stereocenters. The zero-order valence-corrected chi connectivity index (χ0v) is 12.1. The van der Waals surface area contributed by atoms with Crippen molar-refractivity contribution >= 4 is 11.6 Å². The van der Waals surface area contributed by atoms with E-state index in [0.717, 1.165) is 25.3 Å². The van der Waals surface area contributed by atoms with Crippen molar-refractivity contribution in [3.8, 4) is 0 Å². The first-order chi connectivity index (χ1) is 9.74. The normalized spacial score (nSPS) is 24.1. The van der Waals surface area contributed by atoms with Crippen molar-refractivity contribution in [3.05, 3.63) is 29.8 Å². The van der Waals surface area contributed by atoms with E-state index in [1.165, 1.54) is 24.8 Å². The Hall–Kier alpha value is -1.55. The summed E-state index contributed by atoms with van der Waals surface area (Å²) in [4.78, 5) is 15.7. The summed E-state index contributed by atoms with van der Waals surface area (Å²) in [6.45, 7) is 3.35. The van der Waals surface area contributed by atoms with Gasteiger partial charge in [0.15, 0.2) is 0 Å². The maximum Gasteiger partial charge on any atom is 0.241 e. The fraction of sp³-hybridized carbons (Fsp3) is 0.562. The van der Waals surface area contributed by atoms with Crippen LogP contribution in [-0.4, -0.2) is 44.0 Å². The first-order valence-corrected chi connectivity index (χ1v) is 7.56. The largest absolute Gasteiger partial charge is 0.360 e. The highest BCUT2D eigenvalue weighted by molar-refractivity contribution is 5.82. The highest BCUT2D eigenvalue weighted by Crippen LogP contribution is 2.25. The third kappa shape index (κ3) is 2.80. The molecule has 2 aliphatic rings. The number of hydrogen-bond acceptors (Lipinski definition) is 3. The van der Waals surface area contributed by atoms with Gasteiger partial charge in [0.2, 0.25) is 5.91 Å². The van der Waals surface area contributed by atoms with Crippen LogP contribution in [0.5, 0.6) is 0 Å². The summed E-state index contributed by atoms with van der Waals surface area (Å²) >= 11 is 0. The molecule has 0 saturated carbocycles. The second-order valence-corrected chi connectivity index (χ2v) is 5.83. The van der Waals surface area contributed by atoms with Crippen LogP contribution >= 0.6 is 0 Å². The van der Waals surface area contributed by atoms with Gasteiger partial charge in [0, 0.05) is 31.9 Å². The number of anilines is 1. The van der Waals surface area contributed by atoms with Crippen LogP contribution in [0.2, 0.25) is 0 Å². The molecule has 0 spiro atoms. The van der Waals surface area contributed by atoms with Crippen molar-refractivity contribution in [1.82, 2.24) is 10.2 Å². The van der Waals surface area contributed by atoms with Crippen molar-refractivity contribution < 1.29 is 4.79 Å². The Morgan fingerprint density at radius 3 is 2.60 bits per heavy atom. The maximum atomic E-state index is 11.8. The predicted molar refractivity (Wildman–Crippen MR) is 80.9 cm³/mol. The van der Waals surface area contributed by atoms with Gasteiger partial charge in [0.1, 0.15) is 0 Å². The molecule has 0 bridgehead atoms. The molecular formula is C16H23N3O. The number of rotatable bonds is 2. The molecule has 1 aromatic rings. The van der Waals surface area contributed by atoms with E-state index in [2.05, 4.69) is 34.5 Å². The summed E-state index contributed by atoms with van der Waals surface area (Å²) in [6.07, 6.45) is 3.83. The van der Waals surface area contributed by atoms with E-state index in [1.54, 1.807) is 4.90 Å². The summed E-state index contributed by atoms with van der Waals surface area (Å²) in [5, 5.41) is 3.57. The minimum absolute atomic E-state index is 0.203. The molecular weight excluding hydrogens is 250 g/mol. The molecule has 2 heterocycles. The summed E-state index contributed by atoms with van der Waals surface area (Å²) in [5.74, 6) is 0.203. The predicted octanol–water partition coefficient (Wildman–Crippen LogP) is 1.78. The highest BCUT2D eigenvalue weighted by atomic mass is 16.2. The molecule has 1 N–H and O–H groups in total. The van der Waals surface area contributed by atoms with Gasteiger partial charge in [0.25, 0.3) is 0 Å². The van der Waals surface area contributed by atoms with E-state index in [-0.39, 0.29) is 5.91 Å². The zero-order chi connectivity index (χ0) is 13.9. The van der Waals surface area contributed by atoms with E-state index < -0.39 is 0 Å². The number of hydrogen-bond donors (Lipinski definition) is 1. The highest BCUT2D eigenvalue weighted by Gasteiger charge is 2.21. The molecule has 0 radical (unpaired) electrons. The number of carbonyl (C=O) groups is 1. The minimum atomic E-state index is 0.203. The average Bonchev–Trinajstić information content (AvgIpc) is 2.51. The number of nitrogens with zero attached hydrogens (tertiary/aromatic N) is 2. The van der Waals surface area contributed by atoms with Crippen LogP contribution in [0.3, 0.4) is 0 Å². The number of amides is 1. The van der Waals surface area contributed by atoms with Crippen LogP contribution in [-0.2, 0) is 4.79 Å². The Morgan fingerprint density at radius 2 is 1.95 bits per heavy atom. The fourth-order valence-electron chi connectivity index (χ4n) is 3.03. The number of piperazine rings is 1. The van der Waals surface area contributed by atoms with Crippen LogP contribution in [0.1, 0.15) is 30.9 Å². The van der Waals surface area contributed by atoms with Gasteiger partial charge in [-0.2, -0.15) is 0 Å². The molecule has 4 heteroatoms. The minimum Gasteiger partial charge on any atom is -0.360 e. The smallest absolute Gasteiger partial charge is 0.241 e. The molecule has 1 aromatic carbocycles. The van der Waals surface area contributed by atoms with Crippen molar-refractivity contribution in [2.24, 2.45) is 0 Å². The Balaban J connectivity index is 1.68. The molecule has 2 aliphatic heterocycles. The second kappa shape index (κ2) is 5.83. The second-order valence-electron chi connectivity index (χ2n) is 5.83. The number of piperidine rings is 1. The Kier molecular flexibility index (Phi) is 3.92. The van der Waals surface area contributed by atoms with Gasteiger partial charge < -0.3 is 15.1 Å². The SMILES string of the molecule is CN1CCN(c2ccc(C3CCCCN3)cc2)CC1=O. The van der Waals surface area contributed by atoms with Gasteiger partial charge in [-0.25, -0.2) is 0 Å². The van der Waals surface area contributed by atoms with Gasteiger partial charge in [-0.3, -0.25) is 4.79 Å². The molecule has 3 rings (SSSR count). The van der Waals surface area contributed by atoms with E-state index in [4.69, 9.17) is 0 Å². The maximum absolute atomic E-state index is 11.8. The lowest BCUT2D eigenvalue weighted by Gasteiger charge is -2.33. The number of carbonyl (C=O) groups excluding carboxylic acids is 1. The Labute approximate surface area is 120 Å². The lowest BCUT2D eigenvalue weighted by molar-refractivity contribution is -0.129. The van der Waals surface area contributed by atoms with Crippen LogP contribution in [0.25, 0.3) is 0 Å². The summed E-state index contributed by atoms with van der Waals surface area (Å²) in [7, 11) is 1.87. The van der Waals surface area contributed by atoms with Crippen molar-refractivity contribution in [1.29, 1.82) is 0 Å². The standard InChI is InChI=1S/C16H23N3O/c1-18-10-11-19(12-16(18)20)14-7-5-13(6-8-14)15-4-2-3-9-17-15/h5-8,15,17H,2-4,9-12H2,1H3. The molecule has 1 amide bonds. The molecule has 2 fully saturated rings. The monoisotopic (exact) mass is 273 g/mol. The van der Waals surface area contributed by atoms with Gasteiger partial charge in [-0.1, -0.05) is 18.6 Å². The molecule has 4 nitrogen and oxygen atoms in total. The summed E-state index contributed by atoms with van der Waals surface area (Å²) in [6, 6.07) is 9.24. The third-order valence-corrected chi connectivity index (χ3v) is 4.43. The molecule has 108 valence electrons. The Morgan fingerprint density at radius 1 is 1.15 bits per heavy atom. The van der Waals surface area contributed by atoms with Crippen LogP contribution in [0.4, 0.5) is 5.69 Å². The fourth-order valence-corrected chi connectivity index (χ4v) is 3.03. The van der Waals surface area contributed by atoms with E-state index in [1.807, 2.05) is 7.05 Å². The van der Waals surface area contributed by atoms with Crippen LogP contribution < -0.4 is 10.2 Å². The van der Waals surface area contributed by atoms with E-state index >= 15 is 0 Å². The van der Waals surface area contributed by atoms with Gasteiger partial charge >= 0.3 is 0 Å². The quantitative estimate of drug-likeness (QED) is 0.892. The van der Waals surface area contributed by atoms with Gasteiger partial charge in [-0.05, 0) is 37.1 Å². The molecule has 0 aliphatic carbocycles. The molecule has 20 heavy (non-hydrogen) atoms. The molecule has 1 atom stereocenters. The first kappa shape index (κ1) is 13.4.